The minimum Gasteiger partial charge on any atom is -0.481 e. The third-order valence-electron chi connectivity index (χ3n) is 4.38. The van der Waals surface area contributed by atoms with Gasteiger partial charge >= 0.3 is 5.97 Å². The van der Waals surface area contributed by atoms with Crippen molar-refractivity contribution in [3.05, 3.63) is 17.5 Å². The molecule has 6 heteroatoms. The summed E-state index contributed by atoms with van der Waals surface area (Å²) in [4.78, 5) is 23.5. The van der Waals surface area contributed by atoms with Gasteiger partial charge in [-0.1, -0.05) is 12.8 Å². The molecule has 2 rings (SSSR count). The summed E-state index contributed by atoms with van der Waals surface area (Å²) >= 11 is 0. The van der Waals surface area contributed by atoms with Crippen LogP contribution in [0.2, 0.25) is 0 Å². The number of hydrogen-bond donors (Lipinski definition) is 2. The van der Waals surface area contributed by atoms with Crippen LogP contribution in [-0.4, -0.2) is 26.8 Å². The Morgan fingerprint density at radius 3 is 2.62 bits per heavy atom. The third kappa shape index (κ3) is 3.43. The van der Waals surface area contributed by atoms with E-state index < -0.39 is 17.8 Å². The molecule has 0 saturated heterocycles. The first-order valence-electron chi connectivity index (χ1n) is 7.56. The molecule has 1 aromatic rings. The minimum atomic E-state index is -0.857. The number of nitrogens with zero attached hydrogens (tertiary/aromatic N) is 2. The third-order valence-corrected chi connectivity index (χ3v) is 4.38. The fraction of sp³-hybridized carbons (Fsp3) is 0.667. The molecule has 1 amide bonds. The maximum atomic E-state index is 12.3. The molecule has 0 aliphatic heterocycles. The predicted molar refractivity (Wildman–Crippen MR) is 77.6 cm³/mol. The Hall–Kier alpha value is -1.85. The minimum absolute atomic E-state index is 0.147. The zero-order chi connectivity index (χ0) is 15.4. The topological polar surface area (TPSA) is 84.2 Å². The predicted octanol–water partition coefficient (Wildman–Crippen LogP) is 1.72. The van der Waals surface area contributed by atoms with Crippen molar-refractivity contribution in [2.24, 2.45) is 11.8 Å². The van der Waals surface area contributed by atoms with Crippen LogP contribution in [0.25, 0.3) is 0 Å². The first-order chi connectivity index (χ1) is 10.0. The fourth-order valence-electron chi connectivity index (χ4n) is 3.03. The molecule has 6 nitrogen and oxygen atoms in total. The summed E-state index contributed by atoms with van der Waals surface area (Å²) < 4.78 is 1.88. The van der Waals surface area contributed by atoms with Gasteiger partial charge < -0.3 is 10.4 Å². The van der Waals surface area contributed by atoms with Gasteiger partial charge in [0.25, 0.3) is 0 Å². The molecule has 0 radical (unpaired) electrons. The Morgan fingerprint density at radius 1 is 1.38 bits per heavy atom. The van der Waals surface area contributed by atoms with E-state index in [9.17, 15) is 14.7 Å². The van der Waals surface area contributed by atoms with E-state index in [-0.39, 0.29) is 5.91 Å². The number of hydrogen-bond acceptors (Lipinski definition) is 3. The lowest BCUT2D eigenvalue weighted by Crippen LogP contribution is -2.39. The second-order valence-electron chi connectivity index (χ2n) is 5.62. The second-order valence-corrected chi connectivity index (χ2v) is 5.62. The molecule has 1 fully saturated rings. The molecule has 1 saturated carbocycles. The van der Waals surface area contributed by atoms with Crippen LogP contribution >= 0.6 is 0 Å². The number of nitrogens with one attached hydrogen (secondary N) is 1. The average Bonchev–Trinajstić information content (AvgIpc) is 2.85. The van der Waals surface area contributed by atoms with E-state index in [1.807, 2.05) is 18.5 Å². The normalized spacial score (nSPS) is 22.0. The van der Waals surface area contributed by atoms with Gasteiger partial charge in [-0.15, -0.1) is 0 Å². The second kappa shape index (κ2) is 6.74. The monoisotopic (exact) mass is 293 g/mol. The summed E-state index contributed by atoms with van der Waals surface area (Å²) in [5, 5.41) is 16.3. The lowest BCUT2D eigenvalue weighted by molar-refractivity contribution is -0.148. The SMILES string of the molecule is CCn1ncc(CNC(=O)[C@H]2CCCC[C@H]2C(=O)O)c1C. The van der Waals surface area contributed by atoms with Crippen LogP contribution < -0.4 is 5.32 Å². The van der Waals surface area contributed by atoms with Crippen LogP contribution in [0.5, 0.6) is 0 Å². The molecule has 0 aromatic carbocycles. The van der Waals surface area contributed by atoms with E-state index >= 15 is 0 Å². The highest BCUT2D eigenvalue weighted by molar-refractivity contribution is 5.84. The first-order valence-corrected chi connectivity index (χ1v) is 7.56. The largest absolute Gasteiger partial charge is 0.481 e. The number of carbonyl (C=O) groups excluding carboxylic acids is 1. The molecule has 0 spiro atoms. The maximum absolute atomic E-state index is 12.3. The highest BCUT2D eigenvalue weighted by Gasteiger charge is 2.35. The quantitative estimate of drug-likeness (QED) is 0.865. The number of aromatic nitrogens is 2. The van der Waals surface area contributed by atoms with Crippen LogP contribution in [0.4, 0.5) is 0 Å². The average molecular weight is 293 g/mol. The van der Waals surface area contributed by atoms with Gasteiger partial charge in [0.15, 0.2) is 0 Å². The molecule has 21 heavy (non-hydrogen) atoms. The van der Waals surface area contributed by atoms with Gasteiger partial charge in [-0.05, 0) is 26.7 Å². The smallest absolute Gasteiger partial charge is 0.307 e. The van der Waals surface area contributed by atoms with Crippen LogP contribution in [0, 0.1) is 18.8 Å². The number of rotatable bonds is 5. The van der Waals surface area contributed by atoms with Gasteiger partial charge in [-0.25, -0.2) is 0 Å². The molecular formula is C15H23N3O3. The van der Waals surface area contributed by atoms with Crippen molar-refractivity contribution in [1.82, 2.24) is 15.1 Å². The number of carboxylic acid groups (broad SMARTS) is 1. The van der Waals surface area contributed by atoms with E-state index in [0.29, 0.717) is 19.4 Å². The van der Waals surface area contributed by atoms with Crippen LogP contribution in [0.15, 0.2) is 6.20 Å². The summed E-state index contributed by atoms with van der Waals surface area (Å²) in [5.74, 6) is -1.95. The van der Waals surface area contributed by atoms with Crippen molar-refractivity contribution in [2.45, 2.75) is 52.6 Å². The summed E-state index contributed by atoms with van der Waals surface area (Å²) in [6.45, 7) is 5.19. The van der Waals surface area contributed by atoms with E-state index in [1.54, 1.807) is 6.20 Å². The summed E-state index contributed by atoms with van der Waals surface area (Å²) in [6, 6.07) is 0. The Balaban J connectivity index is 1.97. The Bertz CT molecular complexity index is 524. The van der Waals surface area contributed by atoms with Crippen LogP contribution in [-0.2, 0) is 22.7 Å². The van der Waals surface area contributed by atoms with Gasteiger partial charge in [0.2, 0.25) is 5.91 Å². The highest BCUT2D eigenvalue weighted by Crippen LogP contribution is 2.30. The lowest BCUT2D eigenvalue weighted by atomic mass is 9.78. The highest BCUT2D eigenvalue weighted by atomic mass is 16.4. The number of aryl methyl sites for hydroxylation is 1. The van der Waals surface area contributed by atoms with Gasteiger partial charge in [0, 0.05) is 24.3 Å². The first kappa shape index (κ1) is 15.5. The Morgan fingerprint density at radius 2 is 2.05 bits per heavy atom. The molecular weight excluding hydrogens is 270 g/mol. The van der Waals surface area contributed by atoms with Crippen molar-refractivity contribution < 1.29 is 14.7 Å². The Kier molecular flexibility index (Phi) is 4.98. The molecule has 1 aliphatic carbocycles. The zero-order valence-electron chi connectivity index (χ0n) is 12.6. The maximum Gasteiger partial charge on any atom is 0.307 e. The summed E-state index contributed by atoms with van der Waals surface area (Å²) in [6.07, 6.45) is 4.84. The van der Waals surface area contributed by atoms with Crippen molar-refractivity contribution in [3.63, 3.8) is 0 Å². The molecule has 1 heterocycles. The van der Waals surface area contributed by atoms with Crippen molar-refractivity contribution >= 4 is 11.9 Å². The zero-order valence-corrected chi connectivity index (χ0v) is 12.6. The summed E-state index contributed by atoms with van der Waals surface area (Å²) in [7, 11) is 0. The van der Waals surface area contributed by atoms with Gasteiger partial charge in [-0.3, -0.25) is 14.3 Å². The molecule has 116 valence electrons. The van der Waals surface area contributed by atoms with Gasteiger partial charge in [0.05, 0.1) is 18.0 Å². The van der Waals surface area contributed by atoms with E-state index in [4.69, 9.17) is 0 Å². The molecule has 2 atom stereocenters. The van der Waals surface area contributed by atoms with Crippen molar-refractivity contribution in [2.75, 3.05) is 0 Å². The van der Waals surface area contributed by atoms with Crippen LogP contribution in [0.1, 0.15) is 43.9 Å². The molecule has 2 N–H and O–H groups in total. The molecule has 1 aromatic heterocycles. The van der Waals surface area contributed by atoms with Gasteiger partial charge in [0.1, 0.15) is 0 Å². The number of carboxylic acids is 1. The van der Waals surface area contributed by atoms with Crippen molar-refractivity contribution in [1.29, 1.82) is 0 Å². The fourth-order valence-corrected chi connectivity index (χ4v) is 3.03. The Labute approximate surface area is 124 Å². The van der Waals surface area contributed by atoms with E-state index in [1.165, 1.54) is 0 Å². The lowest BCUT2D eigenvalue weighted by Gasteiger charge is -2.27. The number of carbonyl (C=O) groups is 2. The molecule has 1 aliphatic rings. The van der Waals surface area contributed by atoms with E-state index in [0.717, 1.165) is 30.6 Å². The van der Waals surface area contributed by atoms with Crippen LogP contribution in [0.3, 0.4) is 0 Å². The van der Waals surface area contributed by atoms with Crippen molar-refractivity contribution in [3.8, 4) is 0 Å². The summed E-state index contributed by atoms with van der Waals surface area (Å²) in [5.41, 5.74) is 2.02. The molecule has 0 bridgehead atoms. The van der Waals surface area contributed by atoms with E-state index in [2.05, 4.69) is 10.4 Å². The van der Waals surface area contributed by atoms with Gasteiger partial charge in [-0.2, -0.15) is 5.10 Å². The number of aliphatic carboxylic acids is 1. The number of amides is 1. The standard InChI is InChI=1S/C15H23N3O3/c1-3-18-10(2)11(9-17-18)8-16-14(19)12-6-4-5-7-13(12)15(20)21/h9,12-13H,3-8H2,1-2H3,(H,16,19)(H,20,21)/t12-,13+/m0/s1. The molecule has 0 unspecified atom stereocenters.